The molecule has 0 saturated carbocycles. The highest BCUT2D eigenvalue weighted by atomic mass is 35.6. The van der Waals surface area contributed by atoms with Crippen LogP contribution in [0.4, 0.5) is 0 Å². The molecule has 3 aliphatic heterocycles. The van der Waals surface area contributed by atoms with Crippen molar-refractivity contribution in [3.63, 3.8) is 0 Å². The first-order chi connectivity index (χ1) is 14.0. The van der Waals surface area contributed by atoms with E-state index < -0.39 is 62.3 Å². The summed E-state index contributed by atoms with van der Waals surface area (Å²) in [6.45, 7) is 3.16. The third kappa shape index (κ3) is 3.24. The Morgan fingerprint density at radius 1 is 1.17 bits per heavy atom. The molecule has 8 nitrogen and oxygen atoms in total. The van der Waals surface area contributed by atoms with Gasteiger partial charge < -0.3 is 9.64 Å². The minimum absolute atomic E-state index is 0.109. The number of halogens is 3. The molecule has 158 valence electrons. The molecule has 2 saturated heterocycles. The molecule has 1 aromatic carbocycles. The van der Waals surface area contributed by atoms with Gasteiger partial charge in [-0.1, -0.05) is 53.5 Å². The molecule has 0 aromatic heterocycles. The highest BCUT2D eigenvalue weighted by Gasteiger charge is 2.63. The van der Waals surface area contributed by atoms with Crippen LogP contribution in [0.15, 0.2) is 36.4 Å². The maximum Gasteiger partial charge on any atom is 0.333 e. The zero-order valence-electron chi connectivity index (χ0n) is 15.0. The Morgan fingerprint density at radius 3 is 2.27 bits per heavy atom. The zero-order chi connectivity index (χ0) is 22.0. The molecule has 3 unspecified atom stereocenters. The Kier molecular flexibility index (Phi) is 5.21. The van der Waals surface area contributed by atoms with Crippen molar-refractivity contribution in [3.05, 3.63) is 47.5 Å². The Balaban J connectivity index is 1.61. The van der Waals surface area contributed by atoms with E-state index in [1.807, 2.05) is 0 Å². The maximum atomic E-state index is 13.0. The lowest BCUT2D eigenvalue weighted by Crippen LogP contribution is -2.78. The lowest BCUT2D eigenvalue weighted by molar-refractivity contribution is -0.165. The molecule has 2 fully saturated rings. The summed E-state index contributed by atoms with van der Waals surface area (Å²) >= 11 is 16.8. The van der Waals surface area contributed by atoms with Gasteiger partial charge in [0.05, 0.1) is 21.9 Å². The van der Waals surface area contributed by atoms with Gasteiger partial charge in [-0.05, 0) is 17.7 Å². The number of imide groups is 1. The van der Waals surface area contributed by atoms with Crippen molar-refractivity contribution in [2.45, 2.75) is 21.3 Å². The lowest BCUT2D eigenvalue weighted by atomic mass is 9.97. The summed E-state index contributed by atoms with van der Waals surface area (Å²) in [6.07, 6.45) is 0. The predicted molar refractivity (Wildman–Crippen MR) is 109 cm³/mol. The van der Waals surface area contributed by atoms with Crippen molar-refractivity contribution >= 4 is 69.3 Å². The number of esters is 1. The standard InChI is InChI=1S/C18H13Cl3N2O6S/c1-8-6-30(28)16-12(22-13(24)9-4-2-3-5-10(9)14(22)25)15(26)23(16)11(8)17(27)29-7-18(19,20)21/h2-5,11-12,16H,1,6-7H2/t11?,12?,16-,30?/m1/s1. The quantitative estimate of drug-likeness (QED) is 0.208. The maximum absolute atomic E-state index is 13.0. The van der Waals surface area contributed by atoms with Gasteiger partial charge in [-0.15, -0.1) is 0 Å². The van der Waals surface area contributed by atoms with Crippen LogP contribution < -0.4 is 0 Å². The van der Waals surface area contributed by atoms with Gasteiger partial charge in [0.1, 0.15) is 12.0 Å². The number of carbonyl (C=O) groups excluding carboxylic acids is 4. The second kappa shape index (κ2) is 7.33. The van der Waals surface area contributed by atoms with Crippen LogP contribution in [0.5, 0.6) is 0 Å². The van der Waals surface area contributed by atoms with Crippen molar-refractivity contribution in [2.24, 2.45) is 0 Å². The molecule has 0 radical (unpaired) electrons. The number of β-lactam (4-membered cyclic amide) rings is 1. The number of hydrogen-bond acceptors (Lipinski definition) is 6. The molecule has 1 aromatic rings. The summed E-state index contributed by atoms with van der Waals surface area (Å²) in [5.41, 5.74) is 0.518. The third-order valence-electron chi connectivity index (χ3n) is 5.02. The molecule has 30 heavy (non-hydrogen) atoms. The van der Waals surface area contributed by atoms with E-state index in [4.69, 9.17) is 39.5 Å². The zero-order valence-corrected chi connectivity index (χ0v) is 18.1. The summed E-state index contributed by atoms with van der Waals surface area (Å²) in [7, 11) is -1.69. The number of rotatable bonds is 3. The van der Waals surface area contributed by atoms with E-state index in [9.17, 15) is 23.4 Å². The van der Waals surface area contributed by atoms with Crippen molar-refractivity contribution < 1.29 is 28.1 Å². The van der Waals surface area contributed by atoms with Crippen molar-refractivity contribution in [1.82, 2.24) is 9.80 Å². The fraction of sp³-hybridized carbons (Fsp3) is 0.333. The first kappa shape index (κ1) is 21.3. The molecule has 0 N–H and O–H groups in total. The van der Waals surface area contributed by atoms with E-state index in [0.29, 0.717) is 0 Å². The average molecular weight is 492 g/mol. The molecule has 12 heteroatoms. The monoisotopic (exact) mass is 490 g/mol. The van der Waals surface area contributed by atoms with Gasteiger partial charge in [0.2, 0.25) is 3.79 Å². The second-order valence-corrected chi connectivity index (χ2v) is 11.0. The van der Waals surface area contributed by atoms with Crippen LogP contribution in [0, 0.1) is 0 Å². The number of fused-ring (bicyclic) bond motifs is 2. The Morgan fingerprint density at radius 2 is 1.73 bits per heavy atom. The number of amides is 3. The number of benzene rings is 1. The van der Waals surface area contributed by atoms with E-state index in [2.05, 4.69) is 6.58 Å². The summed E-state index contributed by atoms with van der Waals surface area (Å²) in [5, 5.41) is -1.06. The molecule has 3 heterocycles. The number of ether oxygens (including phenoxy) is 1. The largest absolute Gasteiger partial charge is 0.459 e. The minimum atomic E-state index is -1.85. The fourth-order valence-corrected chi connectivity index (χ4v) is 5.63. The van der Waals surface area contributed by atoms with E-state index >= 15 is 0 Å². The van der Waals surface area contributed by atoms with Crippen LogP contribution in [0.2, 0.25) is 0 Å². The van der Waals surface area contributed by atoms with Gasteiger partial charge >= 0.3 is 5.97 Å². The normalized spacial score (nSPS) is 28.2. The first-order valence-corrected chi connectivity index (χ1v) is 11.1. The highest BCUT2D eigenvalue weighted by molar-refractivity contribution is 7.86. The lowest BCUT2D eigenvalue weighted by Gasteiger charge is -2.53. The first-order valence-electron chi connectivity index (χ1n) is 8.60. The van der Waals surface area contributed by atoms with Gasteiger partial charge in [0.15, 0.2) is 12.1 Å². The minimum Gasteiger partial charge on any atom is -0.459 e. The molecule has 0 bridgehead atoms. The smallest absolute Gasteiger partial charge is 0.333 e. The number of carbonyl (C=O) groups is 4. The number of hydrogen-bond donors (Lipinski definition) is 0. The fourth-order valence-electron chi connectivity index (χ4n) is 3.77. The van der Waals surface area contributed by atoms with Gasteiger partial charge in [-0.25, -0.2) is 4.79 Å². The van der Waals surface area contributed by atoms with Crippen molar-refractivity contribution in [2.75, 3.05) is 12.4 Å². The number of nitrogens with zero attached hydrogens (tertiary/aromatic N) is 2. The van der Waals surface area contributed by atoms with Crippen molar-refractivity contribution in [1.29, 1.82) is 0 Å². The topological polar surface area (TPSA) is 101 Å². The Bertz CT molecular complexity index is 1000. The third-order valence-corrected chi connectivity index (χ3v) is 7.02. The van der Waals surface area contributed by atoms with E-state index in [1.165, 1.54) is 12.1 Å². The number of alkyl halides is 3. The van der Waals surface area contributed by atoms with E-state index in [-0.39, 0.29) is 22.5 Å². The summed E-state index contributed by atoms with van der Waals surface area (Å²) in [6, 6.07) is 3.62. The summed E-state index contributed by atoms with van der Waals surface area (Å²) in [4.78, 5) is 52.8. The van der Waals surface area contributed by atoms with Gasteiger partial charge in [-0.3, -0.25) is 23.5 Å². The molecule has 4 rings (SSSR count). The van der Waals surface area contributed by atoms with Gasteiger partial charge in [0, 0.05) is 5.75 Å². The Labute approximate surface area is 188 Å². The second-order valence-electron chi connectivity index (χ2n) is 6.92. The van der Waals surface area contributed by atoms with E-state index in [0.717, 1.165) is 9.80 Å². The SMILES string of the molecule is C=C1CS(=O)[C@@H]2C(N3C(=O)c4ccccc4C3=O)C(=O)N2C1C(=O)OCC(Cl)(Cl)Cl. The molecular weight excluding hydrogens is 479 g/mol. The van der Waals surface area contributed by atoms with Crippen molar-refractivity contribution in [3.8, 4) is 0 Å². The molecule has 4 atom stereocenters. The Hall–Kier alpha value is -1.94. The highest BCUT2D eigenvalue weighted by Crippen LogP contribution is 2.40. The summed E-state index contributed by atoms with van der Waals surface area (Å²) in [5.74, 6) is -3.01. The predicted octanol–water partition coefficient (Wildman–Crippen LogP) is 1.42. The van der Waals surface area contributed by atoms with Crippen LogP contribution in [0.25, 0.3) is 0 Å². The van der Waals surface area contributed by atoms with Crippen LogP contribution in [0.1, 0.15) is 20.7 Å². The van der Waals surface area contributed by atoms with E-state index in [1.54, 1.807) is 12.1 Å². The van der Waals surface area contributed by atoms with Gasteiger partial charge in [0.25, 0.3) is 17.7 Å². The molecular formula is C18H13Cl3N2O6S. The average Bonchev–Trinajstić information content (AvgIpc) is 2.91. The molecule has 3 amide bonds. The molecule has 0 aliphatic carbocycles. The van der Waals surface area contributed by atoms with Crippen LogP contribution in [-0.4, -0.2) is 71.3 Å². The molecule has 0 spiro atoms. The van der Waals surface area contributed by atoms with Crippen LogP contribution in [-0.2, 0) is 25.1 Å². The summed E-state index contributed by atoms with van der Waals surface area (Å²) < 4.78 is 15.9. The molecule has 3 aliphatic rings. The van der Waals surface area contributed by atoms with Crippen LogP contribution >= 0.6 is 34.8 Å². The van der Waals surface area contributed by atoms with Crippen LogP contribution in [0.3, 0.4) is 0 Å². The van der Waals surface area contributed by atoms with Gasteiger partial charge in [-0.2, -0.15) is 0 Å².